The van der Waals surface area contributed by atoms with Crippen LogP contribution in [0.25, 0.3) is 10.9 Å². The predicted octanol–water partition coefficient (Wildman–Crippen LogP) is 2.21. The summed E-state index contributed by atoms with van der Waals surface area (Å²) in [7, 11) is 0. The molecule has 0 fully saturated rings. The van der Waals surface area contributed by atoms with Crippen molar-refractivity contribution in [1.82, 2.24) is 15.0 Å². The van der Waals surface area contributed by atoms with Gasteiger partial charge in [0.1, 0.15) is 5.52 Å². The van der Waals surface area contributed by atoms with E-state index >= 15 is 0 Å². The SMILES string of the molecule is O=C(OCn1nnc2ccccc2c1=O)c1ccc(I)cc1. The Kier molecular flexibility index (Phi) is 4.14. The van der Waals surface area contributed by atoms with Gasteiger partial charge in [0, 0.05) is 3.57 Å². The molecule has 0 spiro atoms. The molecule has 0 bridgehead atoms. The van der Waals surface area contributed by atoms with Gasteiger partial charge in [0.25, 0.3) is 5.56 Å². The molecule has 22 heavy (non-hydrogen) atoms. The first-order valence-electron chi connectivity index (χ1n) is 6.40. The summed E-state index contributed by atoms with van der Waals surface area (Å²) in [6.45, 7) is -0.276. The number of hydrogen-bond acceptors (Lipinski definition) is 5. The summed E-state index contributed by atoms with van der Waals surface area (Å²) in [5.74, 6) is -0.516. The van der Waals surface area contributed by atoms with E-state index in [1.165, 1.54) is 0 Å². The molecule has 0 unspecified atom stereocenters. The van der Waals surface area contributed by atoms with Crippen LogP contribution in [0.15, 0.2) is 53.3 Å². The Bertz CT molecular complexity index is 890. The summed E-state index contributed by atoms with van der Waals surface area (Å²) in [6, 6.07) is 13.8. The number of ether oxygens (including phenoxy) is 1. The molecule has 1 heterocycles. The monoisotopic (exact) mass is 407 g/mol. The van der Waals surface area contributed by atoms with E-state index in [-0.39, 0.29) is 12.3 Å². The van der Waals surface area contributed by atoms with E-state index < -0.39 is 5.97 Å². The van der Waals surface area contributed by atoms with Crippen molar-refractivity contribution in [1.29, 1.82) is 0 Å². The summed E-state index contributed by atoms with van der Waals surface area (Å²) in [4.78, 5) is 24.1. The van der Waals surface area contributed by atoms with Crippen LogP contribution in [0.5, 0.6) is 0 Å². The Balaban J connectivity index is 1.79. The minimum atomic E-state index is -0.516. The summed E-state index contributed by atoms with van der Waals surface area (Å²) >= 11 is 2.15. The second-order valence-corrected chi connectivity index (χ2v) is 5.72. The molecule has 0 amide bonds. The second-order valence-electron chi connectivity index (χ2n) is 4.48. The van der Waals surface area contributed by atoms with Crippen molar-refractivity contribution in [2.24, 2.45) is 0 Å². The van der Waals surface area contributed by atoms with Crippen LogP contribution in [0.2, 0.25) is 0 Å². The fraction of sp³-hybridized carbons (Fsp3) is 0.0667. The zero-order valence-electron chi connectivity index (χ0n) is 11.3. The zero-order valence-corrected chi connectivity index (χ0v) is 13.4. The van der Waals surface area contributed by atoms with E-state index in [0.29, 0.717) is 16.5 Å². The molecule has 0 atom stereocenters. The summed E-state index contributed by atoms with van der Waals surface area (Å²) in [6.07, 6.45) is 0. The van der Waals surface area contributed by atoms with Crippen LogP contribution < -0.4 is 5.56 Å². The number of nitrogens with zero attached hydrogens (tertiary/aromatic N) is 3. The summed E-state index contributed by atoms with van der Waals surface area (Å²) < 4.78 is 7.14. The molecular formula is C15H10IN3O3. The second kappa shape index (κ2) is 6.22. The highest BCUT2D eigenvalue weighted by Crippen LogP contribution is 2.08. The minimum Gasteiger partial charge on any atom is -0.439 e. The number of esters is 1. The molecule has 110 valence electrons. The number of rotatable bonds is 3. The maximum atomic E-state index is 12.2. The number of benzene rings is 2. The Labute approximate surface area is 138 Å². The molecule has 0 aliphatic carbocycles. The molecule has 2 aromatic carbocycles. The Hall–Kier alpha value is -2.29. The highest BCUT2D eigenvalue weighted by Gasteiger charge is 2.09. The lowest BCUT2D eigenvalue weighted by Crippen LogP contribution is -2.26. The molecule has 7 heteroatoms. The van der Waals surface area contributed by atoms with Gasteiger partial charge in [-0.3, -0.25) is 4.79 Å². The normalized spacial score (nSPS) is 10.6. The van der Waals surface area contributed by atoms with Gasteiger partial charge in [-0.05, 0) is 59.0 Å². The van der Waals surface area contributed by atoms with Crippen molar-refractivity contribution < 1.29 is 9.53 Å². The average molecular weight is 407 g/mol. The number of carbonyl (C=O) groups is 1. The van der Waals surface area contributed by atoms with Gasteiger partial charge < -0.3 is 4.74 Å². The molecule has 0 saturated heterocycles. The third-order valence-electron chi connectivity index (χ3n) is 3.03. The molecule has 1 aromatic heterocycles. The molecule has 6 nitrogen and oxygen atoms in total. The van der Waals surface area contributed by atoms with Crippen molar-refractivity contribution in [3.05, 3.63) is 68.0 Å². The molecule has 0 aliphatic heterocycles. The summed E-state index contributed by atoms with van der Waals surface area (Å²) in [5, 5.41) is 8.12. The van der Waals surface area contributed by atoms with E-state index in [1.807, 2.05) is 0 Å². The zero-order chi connectivity index (χ0) is 15.5. The molecule has 0 aliphatic rings. The Morgan fingerprint density at radius 2 is 1.86 bits per heavy atom. The van der Waals surface area contributed by atoms with E-state index in [2.05, 4.69) is 32.9 Å². The Morgan fingerprint density at radius 3 is 2.64 bits per heavy atom. The topological polar surface area (TPSA) is 74.1 Å². The minimum absolute atomic E-state index is 0.276. The third-order valence-corrected chi connectivity index (χ3v) is 3.75. The van der Waals surface area contributed by atoms with Crippen LogP contribution in [0.1, 0.15) is 10.4 Å². The largest absolute Gasteiger partial charge is 0.439 e. The molecule has 0 saturated carbocycles. The molecular weight excluding hydrogens is 397 g/mol. The fourth-order valence-corrected chi connectivity index (χ4v) is 2.26. The quantitative estimate of drug-likeness (QED) is 0.492. The molecule has 3 aromatic rings. The van der Waals surface area contributed by atoms with Crippen molar-refractivity contribution in [3.8, 4) is 0 Å². The van der Waals surface area contributed by atoms with Gasteiger partial charge in [-0.25, -0.2) is 4.79 Å². The molecule has 0 radical (unpaired) electrons. The number of fused-ring (bicyclic) bond motifs is 1. The van der Waals surface area contributed by atoms with Crippen LogP contribution in [0.4, 0.5) is 0 Å². The van der Waals surface area contributed by atoms with Gasteiger partial charge in [-0.1, -0.05) is 17.3 Å². The number of carbonyl (C=O) groups excluding carboxylic acids is 1. The van der Waals surface area contributed by atoms with Crippen LogP contribution in [-0.4, -0.2) is 21.0 Å². The van der Waals surface area contributed by atoms with Gasteiger partial charge in [-0.15, -0.1) is 5.10 Å². The smallest absolute Gasteiger partial charge is 0.339 e. The van der Waals surface area contributed by atoms with Crippen LogP contribution in [-0.2, 0) is 11.5 Å². The van der Waals surface area contributed by atoms with Crippen LogP contribution >= 0.6 is 22.6 Å². The maximum absolute atomic E-state index is 12.2. The van der Waals surface area contributed by atoms with E-state index in [1.54, 1.807) is 48.5 Å². The van der Waals surface area contributed by atoms with Crippen molar-refractivity contribution in [2.45, 2.75) is 6.73 Å². The molecule has 3 rings (SSSR count). The van der Waals surface area contributed by atoms with E-state index in [0.717, 1.165) is 8.25 Å². The van der Waals surface area contributed by atoms with Gasteiger partial charge in [0.2, 0.25) is 0 Å². The van der Waals surface area contributed by atoms with Crippen molar-refractivity contribution >= 4 is 39.5 Å². The molecule has 0 N–H and O–H groups in total. The predicted molar refractivity (Wildman–Crippen MR) is 88.4 cm³/mol. The highest BCUT2D eigenvalue weighted by atomic mass is 127. The first kappa shape index (κ1) is 14.6. The standard InChI is InChI=1S/C15H10IN3O3/c16-11-7-5-10(6-8-11)15(21)22-9-19-14(20)12-3-1-2-4-13(12)17-18-19/h1-8H,9H2. The third kappa shape index (κ3) is 2.98. The maximum Gasteiger partial charge on any atom is 0.339 e. The number of hydrogen-bond donors (Lipinski definition) is 0. The first-order valence-corrected chi connectivity index (χ1v) is 7.48. The van der Waals surface area contributed by atoms with Crippen LogP contribution in [0.3, 0.4) is 0 Å². The summed E-state index contributed by atoms with van der Waals surface area (Å²) in [5.41, 5.74) is 0.580. The van der Waals surface area contributed by atoms with Gasteiger partial charge in [0.05, 0.1) is 10.9 Å². The van der Waals surface area contributed by atoms with E-state index in [9.17, 15) is 9.59 Å². The fourth-order valence-electron chi connectivity index (χ4n) is 1.90. The number of aromatic nitrogens is 3. The average Bonchev–Trinajstić information content (AvgIpc) is 2.55. The van der Waals surface area contributed by atoms with E-state index in [4.69, 9.17) is 4.74 Å². The first-order chi connectivity index (χ1) is 10.6. The van der Waals surface area contributed by atoms with Gasteiger partial charge in [-0.2, -0.15) is 4.68 Å². The lowest BCUT2D eigenvalue weighted by molar-refractivity contribution is 0.0336. The van der Waals surface area contributed by atoms with Crippen LogP contribution in [0, 0.1) is 3.57 Å². The highest BCUT2D eigenvalue weighted by molar-refractivity contribution is 14.1. The lowest BCUT2D eigenvalue weighted by atomic mass is 10.2. The van der Waals surface area contributed by atoms with Crippen molar-refractivity contribution in [3.63, 3.8) is 0 Å². The van der Waals surface area contributed by atoms with Gasteiger partial charge >= 0.3 is 5.97 Å². The lowest BCUT2D eigenvalue weighted by Gasteiger charge is -2.06. The Morgan fingerprint density at radius 1 is 1.14 bits per heavy atom. The van der Waals surface area contributed by atoms with Crippen molar-refractivity contribution in [2.75, 3.05) is 0 Å². The number of halogens is 1. The van der Waals surface area contributed by atoms with Gasteiger partial charge in [0.15, 0.2) is 6.73 Å².